The molecule has 1 aliphatic carbocycles. The van der Waals surface area contributed by atoms with E-state index in [1.165, 1.54) is 5.57 Å². The van der Waals surface area contributed by atoms with E-state index >= 15 is 0 Å². The minimum absolute atomic E-state index is 0.424. The maximum absolute atomic E-state index is 5.49. The summed E-state index contributed by atoms with van der Waals surface area (Å²) in [6.45, 7) is 2.16. The molecule has 3 nitrogen and oxygen atoms in total. The molecule has 0 amide bonds. The van der Waals surface area contributed by atoms with Crippen molar-refractivity contribution in [1.82, 2.24) is 0 Å². The smallest absolute Gasteiger partial charge is 0.377 e. The van der Waals surface area contributed by atoms with E-state index < -0.39 is 8.80 Å². The van der Waals surface area contributed by atoms with Crippen LogP contribution in [-0.2, 0) is 13.3 Å². The zero-order chi connectivity index (χ0) is 10.6. The lowest BCUT2D eigenvalue weighted by atomic mass is 10.0. The van der Waals surface area contributed by atoms with Gasteiger partial charge in [-0.2, -0.15) is 0 Å². The molecule has 0 saturated carbocycles. The highest BCUT2D eigenvalue weighted by Crippen LogP contribution is 2.37. The van der Waals surface area contributed by atoms with Crippen LogP contribution in [0.5, 0.6) is 0 Å². The summed E-state index contributed by atoms with van der Waals surface area (Å²) in [5.74, 6) is 0. The summed E-state index contributed by atoms with van der Waals surface area (Å²) in [6.07, 6.45) is 5.55. The fourth-order valence-corrected chi connectivity index (χ4v) is 4.75. The van der Waals surface area contributed by atoms with Crippen LogP contribution in [0, 0.1) is 0 Å². The van der Waals surface area contributed by atoms with Crippen LogP contribution in [0.4, 0.5) is 0 Å². The zero-order valence-electron chi connectivity index (χ0n) is 9.50. The SMILES string of the molecule is CO[Si](OC)(OC)C1CCC=C(C)C1. The Morgan fingerprint density at radius 1 is 1.21 bits per heavy atom. The largest absolute Gasteiger partial charge is 0.503 e. The Bertz CT molecular complexity index is 203. The van der Waals surface area contributed by atoms with E-state index in [4.69, 9.17) is 13.3 Å². The highest BCUT2D eigenvalue weighted by atomic mass is 28.4. The second kappa shape index (κ2) is 5.07. The van der Waals surface area contributed by atoms with Crippen LogP contribution in [0.25, 0.3) is 0 Å². The number of hydrogen-bond acceptors (Lipinski definition) is 3. The van der Waals surface area contributed by atoms with Gasteiger partial charge >= 0.3 is 8.80 Å². The van der Waals surface area contributed by atoms with E-state index in [9.17, 15) is 0 Å². The molecule has 0 radical (unpaired) electrons. The van der Waals surface area contributed by atoms with Gasteiger partial charge in [0.15, 0.2) is 0 Å². The van der Waals surface area contributed by atoms with Gasteiger partial charge in [0.25, 0.3) is 0 Å². The van der Waals surface area contributed by atoms with Crippen molar-refractivity contribution in [2.45, 2.75) is 31.7 Å². The predicted octanol–water partition coefficient (Wildman–Crippen LogP) is 2.36. The molecule has 0 aromatic rings. The second-order valence-corrected chi connectivity index (χ2v) is 6.99. The lowest BCUT2D eigenvalue weighted by Gasteiger charge is -2.34. The Hall–Kier alpha value is -0.163. The molecular weight excluding hydrogens is 196 g/mol. The van der Waals surface area contributed by atoms with Gasteiger partial charge in [-0.25, -0.2) is 0 Å². The first-order chi connectivity index (χ1) is 6.68. The second-order valence-electron chi connectivity index (χ2n) is 3.74. The first-order valence-corrected chi connectivity index (χ1v) is 6.79. The molecule has 1 atom stereocenters. The van der Waals surface area contributed by atoms with Crippen molar-refractivity contribution in [2.75, 3.05) is 21.3 Å². The van der Waals surface area contributed by atoms with Crippen molar-refractivity contribution in [3.05, 3.63) is 11.6 Å². The van der Waals surface area contributed by atoms with Crippen molar-refractivity contribution in [3.8, 4) is 0 Å². The lowest BCUT2D eigenvalue weighted by Crippen LogP contribution is -2.48. The van der Waals surface area contributed by atoms with Crippen LogP contribution < -0.4 is 0 Å². The molecule has 0 heterocycles. The van der Waals surface area contributed by atoms with Crippen LogP contribution in [0.3, 0.4) is 0 Å². The van der Waals surface area contributed by atoms with E-state index in [0.29, 0.717) is 5.54 Å². The lowest BCUT2D eigenvalue weighted by molar-refractivity contribution is 0.109. The number of hydrogen-bond donors (Lipinski definition) is 0. The molecule has 4 heteroatoms. The van der Waals surface area contributed by atoms with Crippen LogP contribution in [0.2, 0.25) is 5.54 Å². The topological polar surface area (TPSA) is 27.7 Å². The molecule has 0 spiro atoms. The summed E-state index contributed by atoms with van der Waals surface area (Å²) < 4.78 is 16.5. The molecule has 1 aliphatic rings. The quantitative estimate of drug-likeness (QED) is 0.533. The van der Waals surface area contributed by atoms with Gasteiger partial charge in [0.05, 0.1) is 0 Å². The van der Waals surface area contributed by atoms with E-state index in [2.05, 4.69) is 13.0 Å². The van der Waals surface area contributed by atoms with Gasteiger partial charge in [-0.1, -0.05) is 11.6 Å². The van der Waals surface area contributed by atoms with Crippen LogP contribution >= 0.6 is 0 Å². The Morgan fingerprint density at radius 3 is 2.21 bits per heavy atom. The molecule has 0 aromatic carbocycles. The third kappa shape index (κ3) is 2.25. The Balaban J connectivity index is 2.74. The molecular formula is C10H20O3Si. The highest BCUT2D eigenvalue weighted by molar-refractivity contribution is 6.62. The van der Waals surface area contributed by atoms with Crippen LogP contribution in [0.1, 0.15) is 26.2 Å². The molecule has 1 rings (SSSR count). The third-order valence-corrected chi connectivity index (χ3v) is 6.13. The Kier molecular flexibility index (Phi) is 4.31. The van der Waals surface area contributed by atoms with Gasteiger partial charge in [0.2, 0.25) is 0 Å². The molecule has 14 heavy (non-hydrogen) atoms. The van der Waals surface area contributed by atoms with Crippen molar-refractivity contribution in [1.29, 1.82) is 0 Å². The van der Waals surface area contributed by atoms with Gasteiger partial charge in [-0.3, -0.25) is 0 Å². The van der Waals surface area contributed by atoms with E-state index in [0.717, 1.165) is 19.3 Å². The van der Waals surface area contributed by atoms with E-state index in [-0.39, 0.29) is 0 Å². The van der Waals surface area contributed by atoms with Crippen molar-refractivity contribution >= 4 is 8.80 Å². The molecule has 0 saturated heterocycles. The first kappa shape index (κ1) is 11.9. The molecule has 0 fully saturated rings. The van der Waals surface area contributed by atoms with Gasteiger partial charge in [-0.15, -0.1) is 0 Å². The maximum Gasteiger partial charge on any atom is 0.503 e. The Morgan fingerprint density at radius 2 is 1.79 bits per heavy atom. The summed E-state index contributed by atoms with van der Waals surface area (Å²) in [6, 6.07) is 0. The van der Waals surface area contributed by atoms with Gasteiger partial charge < -0.3 is 13.3 Å². The zero-order valence-corrected chi connectivity index (χ0v) is 10.5. The fourth-order valence-electron chi connectivity index (χ4n) is 2.16. The minimum atomic E-state index is -2.40. The summed E-state index contributed by atoms with van der Waals surface area (Å²) in [5, 5.41) is 0. The molecule has 82 valence electrons. The van der Waals surface area contributed by atoms with Gasteiger partial charge in [0, 0.05) is 26.9 Å². The standard InChI is InChI=1S/C10H20O3Si/c1-9-6-5-7-10(8-9)14(11-2,12-3)13-4/h6,10H,5,7-8H2,1-4H3. The van der Waals surface area contributed by atoms with Gasteiger partial charge in [0.1, 0.15) is 0 Å². The average Bonchev–Trinajstić information content (AvgIpc) is 2.22. The summed E-state index contributed by atoms with van der Waals surface area (Å²) >= 11 is 0. The molecule has 0 N–H and O–H groups in total. The fraction of sp³-hybridized carbons (Fsp3) is 0.800. The van der Waals surface area contributed by atoms with Crippen LogP contribution in [-0.4, -0.2) is 30.1 Å². The highest BCUT2D eigenvalue weighted by Gasteiger charge is 2.47. The Labute approximate surface area is 87.4 Å². The normalized spacial score (nSPS) is 23.4. The summed E-state index contributed by atoms with van der Waals surface area (Å²) in [7, 11) is 2.66. The third-order valence-electron chi connectivity index (χ3n) is 2.93. The molecule has 1 unspecified atom stereocenters. The van der Waals surface area contributed by atoms with E-state index in [1.807, 2.05) is 0 Å². The van der Waals surface area contributed by atoms with Crippen molar-refractivity contribution in [2.24, 2.45) is 0 Å². The van der Waals surface area contributed by atoms with Gasteiger partial charge in [-0.05, 0) is 26.2 Å². The summed E-state index contributed by atoms with van der Waals surface area (Å²) in [5.41, 5.74) is 1.84. The maximum atomic E-state index is 5.49. The molecule has 0 aromatic heterocycles. The monoisotopic (exact) mass is 216 g/mol. The van der Waals surface area contributed by atoms with E-state index in [1.54, 1.807) is 21.3 Å². The molecule has 0 aliphatic heterocycles. The molecule has 0 bridgehead atoms. The minimum Gasteiger partial charge on any atom is -0.377 e. The summed E-state index contributed by atoms with van der Waals surface area (Å²) in [4.78, 5) is 0. The van der Waals surface area contributed by atoms with Crippen molar-refractivity contribution < 1.29 is 13.3 Å². The number of allylic oxidation sites excluding steroid dienone is 2. The average molecular weight is 216 g/mol. The van der Waals surface area contributed by atoms with Crippen molar-refractivity contribution in [3.63, 3.8) is 0 Å². The predicted molar refractivity (Wildman–Crippen MR) is 58.1 cm³/mol. The first-order valence-electron chi connectivity index (χ1n) is 4.99. The van der Waals surface area contributed by atoms with Crippen LogP contribution in [0.15, 0.2) is 11.6 Å². The number of rotatable bonds is 4.